The molecule has 0 saturated heterocycles. The van der Waals surface area contributed by atoms with Crippen LogP contribution in [-0.2, 0) is 4.79 Å². The van der Waals surface area contributed by atoms with E-state index >= 15 is 0 Å². The van der Waals surface area contributed by atoms with Crippen LogP contribution in [0.3, 0.4) is 0 Å². The van der Waals surface area contributed by atoms with E-state index in [4.69, 9.17) is 11.5 Å². The fraction of sp³-hybridized carbons (Fsp3) is 0.250. The van der Waals surface area contributed by atoms with Crippen LogP contribution in [0.15, 0.2) is 16.7 Å². The summed E-state index contributed by atoms with van der Waals surface area (Å²) < 4.78 is 0.815. The molecule has 0 bridgehead atoms. The number of carbonyl (C=O) groups is 1. The van der Waals surface area contributed by atoms with Crippen molar-refractivity contribution in [2.45, 2.75) is 6.42 Å². The van der Waals surface area contributed by atoms with Crippen LogP contribution in [0.1, 0.15) is 6.42 Å². The smallest absolute Gasteiger partial charge is 0.219 e. The third-order valence-corrected chi connectivity index (χ3v) is 1.98. The maximum Gasteiger partial charge on any atom is 0.219 e. The number of nitrogens with zero attached hydrogens (tertiary/aromatic N) is 1. The highest BCUT2D eigenvalue weighted by Gasteiger charge is 2.01. The van der Waals surface area contributed by atoms with Crippen molar-refractivity contribution in [3.05, 3.63) is 16.7 Å². The van der Waals surface area contributed by atoms with E-state index in [-0.39, 0.29) is 12.3 Å². The topological polar surface area (TPSA) is 94.0 Å². The Morgan fingerprint density at radius 1 is 1.64 bits per heavy atom. The number of anilines is 2. The molecule has 0 aliphatic heterocycles. The first-order chi connectivity index (χ1) is 6.59. The highest BCUT2D eigenvalue weighted by Crippen LogP contribution is 2.19. The van der Waals surface area contributed by atoms with E-state index < -0.39 is 0 Å². The second-order valence-electron chi connectivity index (χ2n) is 2.73. The third kappa shape index (κ3) is 3.21. The lowest BCUT2D eigenvalue weighted by Gasteiger charge is -2.06. The molecule has 1 aromatic heterocycles. The minimum Gasteiger partial charge on any atom is -0.396 e. The quantitative estimate of drug-likeness (QED) is 0.742. The molecule has 0 spiro atoms. The fourth-order valence-electron chi connectivity index (χ4n) is 0.907. The first-order valence-electron chi connectivity index (χ1n) is 4.03. The van der Waals surface area contributed by atoms with Crippen molar-refractivity contribution in [1.29, 1.82) is 0 Å². The molecular formula is C8H11BrN4O. The molecule has 0 aliphatic rings. The van der Waals surface area contributed by atoms with E-state index in [2.05, 4.69) is 26.2 Å². The van der Waals surface area contributed by atoms with Crippen molar-refractivity contribution in [2.24, 2.45) is 5.73 Å². The van der Waals surface area contributed by atoms with E-state index in [0.29, 0.717) is 18.1 Å². The average molecular weight is 259 g/mol. The number of hydrogen-bond donors (Lipinski definition) is 3. The molecule has 0 atom stereocenters. The first kappa shape index (κ1) is 10.8. The summed E-state index contributed by atoms with van der Waals surface area (Å²) in [5.74, 6) is 0.211. The van der Waals surface area contributed by atoms with E-state index in [9.17, 15) is 4.79 Å². The zero-order chi connectivity index (χ0) is 10.6. The van der Waals surface area contributed by atoms with Gasteiger partial charge in [-0.2, -0.15) is 0 Å². The van der Waals surface area contributed by atoms with Gasteiger partial charge >= 0.3 is 0 Å². The molecular weight excluding hydrogens is 248 g/mol. The molecule has 0 radical (unpaired) electrons. The molecule has 5 N–H and O–H groups in total. The lowest BCUT2D eigenvalue weighted by atomic mass is 10.3. The van der Waals surface area contributed by atoms with Gasteiger partial charge < -0.3 is 16.8 Å². The number of nitrogens with two attached hydrogens (primary N) is 2. The minimum absolute atomic E-state index is 0.261. The zero-order valence-electron chi connectivity index (χ0n) is 7.46. The maximum atomic E-state index is 10.5. The molecule has 76 valence electrons. The summed E-state index contributed by atoms with van der Waals surface area (Å²) in [4.78, 5) is 14.5. The Balaban J connectivity index is 2.55. The highest BCUT2D eigenvalue weighted by atomic mass is 79.9. The van der Waals surface area contributed by atoms with Gasteiger partial charge in [0.25, 0.3) is 0 Å². The normalized spacial score (nSPS) is 9.79. The van der Waals surface area contributed by atoms with Gasteiger partial charge in [-0.05, 0) is 22.0 Å². The minimum atomic E-state index is -0.354. The van der Waals surface area contributed by atoms with Crippen LogP contribution in [0.4, 0.5) is 11.5 Å². The number of halogens is 1. The van der Waals surface area contributed by atoms with Gasteiger partial charge in [-0.1, -0.05) is 0 Å². The summed E-state index contributed by atoms with van der Waals surface area (Å²) in [5.41, 5.74) is 11.2. The van der Waals surface area contributed by atoms with E-state index in [0.717, 1.165) is 4.47 Å². The van der Waals surface area contributed by atoms with E-state index in [1.165, 1.54) is 0 Å². The van der Waals surface area contributed by atoms with Gasteiger partial charge in [-0.15, -0.1) is 0 Å². The largest absolute Gasteiger partial charge is 0.396 e. The standard InChI is InChI=1S/C8H11BrN4O/c9-5-3-6(10)8(13-4-5)12-2-1-7(11)14/h3-4H,1-2,10H2,(H2,11,14)(H,12,13). The van der Waals surface area contributed by atoms with Crippen LogP contribution in [-0.4, -0.2) is 17.4 Å². The Bertz CT molecular complexity index is 342. The number of nitrogens with one attached hydrogen (secondary N) is 1. The summed E-state index contributed by atoms with van der Waals surface area (Å²) in [5, 5.41) is 2.91. The summed E-state index contributed by atoms with van der Waals surface area (Å²) in [6.07, 6.45) is 1.89. The number of rotatable bonds is 4. The molecule has 1 aromatic rings. The van der Waals surface area contributed by atoms with Crippen molar-refractivity contribution in [2.75, 3.05) is 17.6 Å². The molecule has 0 fully saturated rings. The SMILES string of the molecule is NC(=O)CCNc1ncc(Br)cc1N. The van der Waals surface area contributed by atoms with Crippen molar-refractivity contribution < 1.29 is 4.79 Å². The van der Waals surface area contributed by atoms with E-state index in [1.54, 1.807) is 12.3 Å². The van der Waals surface area contributed by atoms with Crippen LogP contribution in [0.5, 0.6) is 0 Å². The molecule has 1 heterocycles. The van der Waals surface area contributed by atoms with Crippen molar-refractivity contribution >= 4 is 33.3 Å². The van der Waals surface area contributed by atoms with Crippen LogP contribution in [0.25, 0.3) is 0 Å². The molecule has 5 nitrogen and oxygen atoms in total. The molecule has 0 unspecified atom stereocenters. The van der Waals surface area contributed by atoms with Gasteiger partial charge in [0.15, 0.2) is 0 Å². The maximum absolute atomic E-state index is 10.5. The lowest BCUT2D eigenvalue weighted by molar-refractivity contribution is -0.117. The summed E-state index contributed by atoms with van der Waals surface area (Å²) >= 11 is 3.24. The van der Waals surface area contributed by atoms with Gasteiger partial charge in [-0.3, -0.25) is 4.79 Å². The molecule has 0 saturated carbocycles. The summed E-state index contributed by atoms with van der Waals surface area (Å²) in [6, 6.07) is 1.74. The molecule has 0 aliphatic carbocycles. The summed E-state index contributed by atoms with van der Waals surface area (Å²) in [7, 11) is 0. The number of aromatic nitrogens is 1. The Morgan fingerprint density at radius 3 is 2.93 bits per heavy atom. The number of carbonyl (C=O) groups excluding carboxylic acids is 1. The van der Waals surface area contributed by atoms with E-state index in [1.807, 2.05) is 0 Å². The number of amides is 1. The average Bonchev–Trinajstić information content (AvgIpc) is 2.08. The zero-order valence-corrected chi connectivity index (χ0v) is 9.04. The number of pyridine rings is 1. The molecule has 6 heteroatoms. The molecule has 0 aromatic carbocycles. The van der Waals surface area contributed by atoms with Crippen LogP contribution < -0.4 is 16.8 Å². The van der Waals surface area contributed by atoms with Crippen molar-refractivity contribution in [1.82, 2.24) is 4.98 Å². The predicted molar refractivity (Wildman–Crippen MR) is 58.7 cm³/mol. The number of nitrogen functional groups attached to an aromatic ring is 1. The van der Waals surface area contributed by atoms with Gasteiger partial charge in [0.1, 0.15) is 5.82 Å². The van der Waals surface area contributed by atoms with Gasteiger partial charge in [0, 0.05) is 23.6 Å². The predicted octanol–water partition coefficient (Wildman–Crippen LogP) is 0.714. The lowest BCUT2D eigenvalue weighted by Crippen LogP contribution is -2.16. The van der Waals surface area contributed by atoms with Crippen LogP contribution in [0.2, 0.25) is 0 Å². The highest BCUT2D eigenvalue weighted by molar-refractivity contribution is 9.10. The Kier molecular flexibility index (Phi) is 3.70. The summed E-state index contributed by atoms with van der Waals surface area (Å²) in [6.45, 7) is 0.439. The Morgan fingerprint density at radius 2 is 2.36 bits per heavy atom. The van der Waals surface area contributed by atoms with Crippen molar-refractivity contribution in [3.8, 4) is 0 Å². The fourth-order valence-corrected chi connectivity index (χ4v) is 1.26. The second kappa shape index (κ2) is 4.80. The second-order valence-corrected chi connectivity index (χ2v) is 3.65. The third-order valence-electron chi connectivity index (χ3n) is 1.55. The Labute approximate surface area is 90.0 Å². The molecule has 14 heavy (non-hydrogen) atoms. The van der Waals surface area contributed by atoms with Gasteiger partial charge in [0.05, 0.1) is 5.69 Å². The monoisotopic (exact) mass is 258 g/mol. The van der Waals surface area contributed by atoms with Crippen LogP contribution >= 0.6 is 15.9 Å². The number of hydrogen-bond acceptors (Lipinski definition) is 4. The van der Waals surface area contributed by atoms with Gasteiger partial charge in [0.2, 0.25) is 5.91 Å². The Hall–Kier alpha value is -1.30. The van der Waals surface area contributed by atoms with Crippen LogP contribution in [0, 0.1) is 0 Å². The number of primary amides is 1. The first-order valence-corrected chi connectivity index (χ1v) is 4.82. The molecule has 1 rings (SSSR count). The molecule has 1 amide bonds. The van der Waals surface area contributed by atoms with Gasteiger partial charge in [-0.25, -0.2) is 4.98 Å². The van der Waals surface area contributed by atoms with Crippen molar-refractivity contribution in [3.63, 3.8) is 0 Å².